The molecule has 0 saturated carbocycles. The fraction of sp³-hybridized carbons (Fsp3) is 0.974. The lowest BCUT2D eigenvalue weighted by Gasteiger charge is -2.09. The monoisotopic (exact) mass is 723 g/mol. The second kappa shape index (κ2) is 46.1. The summed E-state index contributed by atoms with van der Waals surface area (Å²) in [6.45, 7) is 14.5. The van der Waals surface area contributed by atoms with E-state index in [9.17, 15) is 4.79 Å². The van der Waals surface area contributed by atoms with Gasteiger partial charge >= 0.3 is 5.97 Å². The number of unbranched alkanes of at least 4 members (excludes halogenated alkanes) is 14. The molecular formula is C39H78O11. The minimum Gasteiger partial charge on any atom is -0.463 e. The van der Waals surface area contributed by atoms with Gasteiger partial charge in [0.1, 0.15) is 6.61 Å². The van der Waals surface area contributed by atoms with E-state index in [0.29, 0.717) is 125 Å². The molecule has 11 heteroatoms. The third kappa shape index (κ3) is 45.1. The van der Waals surface area contributed by atoms with Crippen LogP contribution in [-0.2, 0) is 52.2 Å². The summed E-state index contributed by atoms with van der Waals surface area (Å²) in [7, 11) is 0. The van der Waals surface area contributed by atoms with Crippen molar-refractivity contribution >= 4 is 5.97 Å². The van der Waals surface area contributed by atoms with Crippen molar-refractivity contribution in [2.45, 2.75) is 123 Å². The number of hydrogen-bond acceptors (Lipinski definition) is 11. The normalized spacial score (nSPS) is 11.5. The molecule has 0 atom stereocenters. The molecule has 0 radical (unpaired) electrons. The first-order chi connectivity index (χ1) is 24.8. The molecule has 0 aromatic carbocycles. The van der Waals surface area contributed by atoms with Gasteiger partial charge in [0.25, 0.3) is 0 Å². The highest BCUT2D eigenvalue weighted by molar-refractivity contribution is 5.69. The molecule has 50 heavy (non-hydrogen) atoms. The van der Waals surface area contributed by atoms with Gasteiger partial charge in [-0.2, -0.15) is 0 Å². The quantitative estimate of drug-likeness (QED) is 0.0465. The van der Waals surface area contributed by atoms with Gasteiger partial charge < -0.3 is 47.4 Å². The Morgan fingerprint density at radius 2 is 0.520 bits per heavy atom. The lowest BCUT2D eigenvalue weighted by molar-refractivity contribution is -0.145. The van der Waals surface area contributed by atoms with Gasteiger partial charge in [-0.3, -0.25) is 4.79 Å². The van der Waals surface area contributed by atoms with Crippen molar-refractivity contribution in [3.05, 3.63) is 0 Å². The minimum absolute atomic E-state index is 0.139. The van der Waals surface area contributed by atoms with Gasteiger partial charge in [-0.1, -0.05) is 104 Å². The molecule has 0 aromatic rings. The van der Waals surface area contributed by atoms with Crippen molar-refractivity contribution in [2.75, 3.05) is 126 Å². The molecule has 0 rings (SSSR count). The van der Waals surface area contributed by atoms with Crippen molar-refractivity contribution in [3.8, 4) is 0 Å². The summed E-state index contributed by atoms with van der Waals surface area (Å²) in [6, 6.07) is 0. The highest BCUT2D eigenvalue weighted by Gasteiger charge is 2.03. The molecule has 11 nitrogen and oxygen atoms in total. The standard InChI is InChI=1S/C39H78O11/c1-3-5-7-9-11-12-13-14-16-18-20-41-21-22-42-23-24-43-25-26-44-27-28-45-29-30-46-31-32-47-33-34-48-35-36-49-37-38-50-39(40)19-17-15-10-8-6-4-2/h3-38H2,1-2H3. The zero-order valence-corrected chi connectivity index (χ0v) is 32.4. The van der Waals surface area contributed by atoms with Crippen LogP contribution in [0.15, 0.2) is 0 Å². The average molecular weight is 723 g/mol. The predicted molar refractivity (Wildman–Crippen MR) is 198 cm³/mol. The molecule has 0 aliphatic carbocycles. The second-order valence-corrected chi connectivity index (χ2v) is 12.4. The minimum atomic E-state index is -0.139. The Balaban J connectivity index is 3.09. The van der Waals surface area contributed by atoms with Gasteiger partial charge in [-0.25, -0.2) is 0 Å². The zero-order chi connectivity index (χ0) is 36.1. The lowest BCUT2D eigenvalue weighted by Crippen LogP contribution is -2.15. The van der Waals surface area contributed by atoms with Crippen LogP contribution in [0.1, 0.15) is 123 Å². The van der Waals surface area contributed by atoms with Gasteiger partial charge in [0, 0.05) is 13.0 Å². The maximum absolute atomic E-state index is 11.7. The third-order valence-electron chi connectivity index (χ3n) is 7.84. The van der Waals surface area contributed by atoms with Gasteiger partial charge in [-0.05, 0) is 12.8 Å². The smallest absolute Gasteiger partial charge is 0.305 e. The van der Waals surface area contributed by atoms with Crippen LogP contribution < -0.4 is 0 Å². The maximum Gasteiger partial charge on any atom is 0.305 e. The first-order valence-electron chi connectivity index (χ1n) is 20.2. The molecule has 0 heterocycles. The second-order valence-electron chi connectivity index (χ2n) is 12.4. The van der Waals surface area contributed by atoms with E-state index in [2.05, 4.69) is 13.8 Å². The van der Waals surface area contributed by atoms with E-state index in [1.165, 1.54) is 83.5 Å². The molecule has 0 bridgehead atoms. The van der Waals surface area contributed by atoms with Crippen molar-refractivity contribution in [3.63, 3.8) is 0 Å². The fourth-order valence-corrected chi connectivity index (χ4v) is 4.89. The first-order valence-corrected chi connectivity index (χ1v) is 20.2. The SMILES string of the molecule is CCCCCCCCCCCCOCCOCCOCCOCCOCCOCCOCCOCCOCCOC(=O)CCCCCCCC. The Bertz CT molecular complexity index is 627. The first kappa shape index (κ1) is 49.1. The van der Waals surface area contributed by atoms with E-state index in [-0.39, 0.29) is 5.97 Å². The molecule has 0 spiro atoms. The van der Waals surface area contributed by atoms with E-state index >= 15 is 0 Å². The summed E-state index contributed by atoms with van der Waals surface area (Å²) in [5.41, 5.74) is 0. The summed E-state index contributed by atoms with van der Waals surface area (Å²) >= 11 is 0. The number of rotatable bonds is 45. The molecular weight excluding hydrogens is 644 g/mol. The van der Waals surface area contributed by atoms with Crippen LogP contribution in [0.25, 0.3) is 0 Å². The van der Waals surface area contributed by atoms with Crippen LogP contribution in [0.3, 0.4) is 0 Å². The fourth-order valence-electron chi connectivity index (χ4n) is 4.89. The van der Waals surface area contributed by atoms with Crippen molar-refractivity contribution < 1.29 is 52.2 Å². The maximum atomic E-state index is 11.7. The number of ether oxygens (including phenoxy) is 10. The number of esters is 1. The molecule has 0 N–H and O–H groups in total. The molecule has 0 amide bonds. The van der Waals surface area contributed by atoms with E-state index in [1.807, 2.05) is 0 Å². The Morgan fingerprint density at radius 3 is 0.840 bits per heavy atom. The van der Waals surface area contributed by atoms with Crippen molar-refractivity contribution in [1.29, 1.82) is 0 Å². The van der Waals surface area contributed by atoms with Crippen molar-refractivity contribution in [1.82, 2.24) is 0 Å². The summed E-state index contributed by atoms with van der Waals surface area (Å²) in [4.78, 5) is 11.7. The van der Waals surface area contributed by atoms with Gasteiger partial charge in [0.2, 0.25) is 0 Å². The molecule has 0 aliphatic rings. The molecule has 0 fully saturated rings. The molecule has 0 aliphatic heterocycles. The Hall–Kier alpha value is -0.890. The van der Waals surface area contributed by atoms with E-state index in [4.69, 9.17) is 47.4 Å². The Kier molecular flexibility index (Phi) is 45.3. The summed E-state index contributed by atoms with van der Waals surface area (Å²) < 4.78 is 54.8. The lowest BCUT2D eigenvalue weighted by atomic mass is 10.1. The largest absolute Gasteiger partial charge is 0.463 e. The van der Waals surface area contributed by atoms with E-state index < -0.39 is 0 Å². The molecule has 0 unspecified atom stereocenters. The van der Waals surface area contributed by atoms with E-state index in [1.54, 1.807) is 0 Å². The summed E-state index contributed by atoms with van der Waals surface area (Å²) in [5.74, 6) is -0.139. The van der Waals surface area contributed by atoms with E-state index in [0.717, 1.165) is 25.9 Å². The van der Waals surface area contributed by atoms with Crippen LogP contribution in [0.5, 0.6) is 0 Å². The summed E-state index contributed by atoms with van der Waals surface area (Å²) in [5, 5.41) is 0. The van der Waals surface area contributed by atoms with Crippen LogP contribution in [0, 0.1) is 0 Å². The van der Waals surface area contributed by atoms with Gasteiger partial charge in [-0.15, -0.1) is 0 Å². The van der Waals surface area contributed by atoms with Gasteiger partial charge in [0.15, 0.2) is 0 Å². The number of carbonyl (C=O) groups is 1. The highest BCUT2D eigenvalue weighted by Crippen LogP contribution is 2.10. The highest BCUT2D eigenvalue weighted by atomic mass is 16.6. The Morgan fingerprint density at radius 1 is 0.280 bits per heavy atom. The van der Waals surface area contributed by atoms with Crippen LogP contribution in [0.2, 0.25) is 0 Å². The third-order valence-corrected chi connectivity index (χ3v) is 7.84. The van der Waals surface area contributed by atoms with Crippen LogP contribution in [-0.4, -0.2) is 132 Å². The Labute approximate surface area is 306 Å². The average Bonchev–Trinajstić information content (AvgIpc) is 3.12. The van der Waals surface area contributed by atoms with Crippen LogP contribution >= 0.6 is 0 Å². The topological polar surface area (TPSA) is 109 Å². The van der Waals surface area contributed by atoms with Crippen LogP contribution in [0.4, 0.5) is 0 Å². The van der Waals surface area contributed by atoms with Crippen molar-refractivity contribution in [2.24, 2.45) is 0 Å². The molecule has 300 valence electrons. The number of hydrogen-bond donors (Lipinski definition) is 0. The summed E-state index contributed by atoms with van der Waals surface area (Å²) in [6.07, 6.45) is 20.9. The number of carbonyl (C=O) groups excluding carboxylic acids is 1. The predicted octanol–water partition coefficient (Wildman–Crippen LogP) is 7.35. The molecule has 0 saturated heterocycles. The zero-order valence-electron chi connectivity index (χ0n) is 32.4. The van der Waals surface area contributed by atoms with Gasteiger partial charge in [0.05, 0.1) is 112 Å². The molecule has 0 aromatic heterocycles.